The van der Waals surface area contributed by atoms with Gasteiger partial charge in [0.25, 0.3) is 5.91 Å². The number of rotatable bonds is 12. The van der Waals surface area contributed by atoms with Crippen LogP contribution in [-0.2, 0) is 24.9 Å². The molecular weight excluding hydrogens is 606 g/mol. The van der Waals surface area contributed by atoms with Gasteiger partial charge < -0.3 is 34.3 Å². The summed E-state index contributed by atoms with van der Waals surface area (Å²) >= 11 is 0. The zero-order chi connectivity index (χ0) is 33.1. The number of methoxy groups -OCH3 is 1. The number of ether oxygens (including phenoxy) is 2. The number of nitrogens with two attached hydrogens (primary N) is 1. The molecule has 3 fully saturated rings. The Balaban J connectivity index is 1.18. The number of aliphatic hydroxyl groups is 1. The standard InChI is InChI=1S/C37H45N7O4/c1-4-12-48-21-27(45)20-42-18-26(16-39-42)28-7-5-6-23-14-31(43(34(23)28)17-22-8-9-22)36-40-29-13-25(15-32(47-3)35(29)41(36)2)37(46)44-19-24-10-11-30(44)33(24)38/h5-7,13-16,18,22,24,27,30,33,45H,4,8-12,17,19-21,38H2,1-3H3/t24?,27?,30?,33-/m1/s1. The normalized spacial score (nSPS) is 21.2. The zero-order valence-electron chi connectivity index (χ0n) is 28.0. The van der Waals surface area contributed by atoms with Crippen molar-refractivity contribution in [2.45, 2.75) is 70.3 Å². The highest BCUT2D eigenvalue weighted by molar-refractivity contribution is 6.01. The van der Waals surface area contributed by atoms with Crippen molar-refractivity contribution in [1.29, 1.82) is 0 Å². The number of imidazole rings is 1. The number of likely N-dealkylation sites (tertiary alicyclic amines) is 1. The molecule has 1 aliphatic heterocycles. The van der Waals surface area contributed by atoms with Crippen molar-refractivity contribution in [2.24, 2.45) is 24.6 Å². The highest BCUT2D eigenvalue weighted by Crippen LogP contribution is 2.41. The summed E-state index contributed by atoms with van der Waals surface area (Å²) < 4.78 is 17.7. The predicted molar refractivity (Wildman–Crippen MR) is 185 cm³/mol. The lowest BCUT2D eigenvalue weighted by Crippen LogP contribution is -2.41. The van der Waals surface area contributed by atoms with E-state index in [4.69, 9.17) is 20.2 Å². The van der Waals surface area contributed by atoms with Crippen molar-refractivity contribution >= 4 is 27.8 Å². The molecule has 3 unspecified atom stereocenters. The van der Waals surface area contributed by atoms with E-state index in [-0.39, 0.29) is 24.6 Å². The van der Waals surface area contributed by atoms with E-state index in [1.165, 1.54) is 12.8 Å². The minimum atomic E-state index is -0.626. The number of carbonyl (C=O) groups is 1. The zero-order valence-corrected chi connectivity index (χ0v) is 28.0. The Labute approximate surface area is 280 Å². The molecule has 48 heavy (non-hydrogen) atoms. The fraction of sp³-hybridized carbons (Fsp3) is 0.486. The minimum Gasteiger partial charge on any atom is -0.494 e. The van der Waals surface area contributed by atoms with Gasteiger partial charge in [-0.05, 0) is 62.1 Å². The van der Waals surface area contributed by atoms with Gasteiger partial charge in [0.2, 0.25) is 0 Å². The van der Waals surface area contributed by atoms with Crippen molar-refractivity contribution in [3.8, 4) is 28.4 Å². The summed E-state index contributed by atoms with van der Waals surface area (Å²) in [5.41, 5.74) is 12.9. The van der Waals surface area contributed by atoms with Gasteiger partial charge in [-0.1, -0.05) is 25.1 Å². The molecule has 3 aromatic heterocycles. The fourth-order valence-electron chi connectivity index (χ4n) is 7.99. The lowest BCUT2D eigenvalue weighted by molar-refractivity contribution is 0.0266. The Morgan fingerprint density at radius 2 is 2.00 bits per heavy atom. The van der Waals surface area contributed by atoms with Crippen LogP contribution in [0.5, 0.6) is 5.75 Å². The van der Waals surface area contributed by atoms with Gasteiger partial charge >= 0.3 is 0 Å². The number of carbonyl (C=O) groups excluding carboxylic acids is 1. The van der Waals surface area contributed by atoms with Crippen molar-refractivity contribution in [1.82, 2.24) is 28.8 Å². The van der Waals surface area contributed by atoms with Crippen LogP contribution in [-0.4, -0.2) is 84.9 Å². The van der Waals surface area contributed by atoms with Gasteiger partial charge in [0.15, 0.2) is 5.82 Å². The fourth-order valence-corrected chi connectivity index (χ4v) is 7.99. The van der Waals surface area contributed by atoms with Gasteiger partial charge in [0.05, 0.1) is 49.3 Å². The number of nitrogens with zero attached hydrogens (tertiary/aromatic N) is 6. The number of piperidine rings is 1. The highest BCUT2D eigenvalue weighted by atomic mass is 16.5. The minimum absolute atomic E-state index is 0.000840. The Hall–Kier alpha value is -4.19. The molecule has 8 rings (SSSR count). The van der Waals surface area contributed by atoms with Crippen LogP contribution in [0.15, 0.2) is 48.8 Å². The summed E-state index contributed by atoms with van der Waals surface area (Å²) in [6, 6.07) is 12.5. The van der Waals surface area contributed by atoms with Crippen LogP contribution in [0, 0.1) is 11.8 Å². The third-order valence-corrected chi connectivity index (χ3v) is 10.6. The molecule has 1 amide bonds. The number of para-hydroxylation sites is 1. The Bertz CT molecular complexity index is 1990. The predicted octanol–water partition coefficient (Wildman–Crippen LogP) is 4.83. The van der Waals surface area contributed by atoms with Crippen LogP contribution in [0.1, 0.15) is 49.4 Å². The number of hydrogen-bond donors (Lipinski definition) is 2. The van der Waals surface area contributed by atoms with Gasteiger partial charge in [-0.15, -0.1) is 0 Å². The molecule has 0 spiro atoms. The SMILES string of the molecule is CCCOCC(O)Cn1cc(-c2cccc3cc(-c4nc5cc(C(=O)N6CC7CCC6[C@@H]7N)cc(OC)c5n4C)n(CC4CC4)c23)cn1. The van der Waals surface area contributed by atoms with Gasteiger partial charge in [-0.3, -0.25) is 9.48 Å². The lowest BCUT2D eigenvalue weighted by Gasteiger charge is -2.27. The Morgan fingerprint density at radius 3 is 2.73 bits per heavy atom. The molecule has 5 aromatic rings. The summed E-state index contributed by atoms with van der Waals surface area (Å²) in [6.07, 6.45) is 8.65. The quantitative estimate of drug-likeness (QED) is 0.185. The molecular formula is C37H45N7O4. The van der Waals surface area contributed by atoms with Crippen LogP contribution >= 0.6 is 0 Å². The summed E-state index contributed by atoms with van der Waals surface area (Å²) in [4.78, 5) is 20.9. The van der Waals surface area contributed by atoms with Gasteiger partial charge in [0, 0.05) is 67.1 Å². The van der Waals surface area contributed by atoms with E-state index in [0.29, 0.717) is 36.3 Å². The molecule has 3 aliphatic rings. The summed E-state index contributed by atoms with van der Waals surface area (Å²) in [5.74, 6) is 2.45. The van der Waals surface area contributed by atoms with E-state index >= 15 is 0 Å². The van der Waals surface area contributed by atoms with Crippen LogP contribution in [0.25, 0.3) is 44.6 Å². The van der Waals surface area contributed by atoms with Crippen LogP contribution < -0.4 is 10.5 Å². The number of aryl methyl sites for hydroxylation is 1. The van der Waals surface area contributed by atoms with E-state index in [0.717, 1.165) is 76.9 Å². The molecule has 4 atom stereocenters. The van der Waals surface area contributed by atoms with Crippen LogP contribution in [0.4, 0.5) is 0 Å². The second kappa shape index (κ2) is 12.4. The van der Waals surface area contributed by atoms with Gasteiger partial charge in [-0.2, -0.15) is 5.10 Å². The average Bonchev–Trinajstić information content (AvgIpc) is 3.37. The first-order valence-corrected chi connectivity index (χ1v) is 17.4. The third kappa shape index (κ3) is 5.38. The maximum atomic E-state index is 13.8. The molecule has 3 N–H and O–H groups in total. The van der Waals surface area contributed by atoms with Gasteiger partial charge in [0.1, 0.15) is 11.3 Å². The third-order valence-electron chi connectivity index (χ3n) is 10.6. The molecule has 2 aliphatic carbocycles. The average molecular weight is 652 g/mol. The maximum absolute atomic E-state index is 13.8. The van der Waals surface area contributed by atoms with Crippen molar-refractivity contribution in [2.75, 3.05) is 26.9 Å². The largest absolute Gasteiger partial charge is 0.494 e. The number of benzene rings is 2. The van der Waals surface area contributed by atoms with E-state index in [1.54, 1.807) is 11.8 Å². The Kier molecular flexibility index (Phi) is 8.01. The molecule has 252 valence electrons. The number of amides is 1. The smallest absolute Gasteiger partial charge is 0.254 e. The van der Waals surface area contributed by atoms with Crippen molar-refractivity contribution < 1.29 is 19.4 Å². The number of aromatic nitrogens is 5. The molecule has 2 aromatic carbocycles. The molecule has 1 saturated heterocycles. The van der Waals surface area contributed by atoms with E-state index in [9.17, 15) is 9.90 Å². The first-order valence-electron chi connectivity index (χ1n) is 17.4. The maximum Gasteiger partial charge on any atom is 0.254 e. The number of fused-ring (bicyclic) bond motifs is 4. The Morgan fingerprint density at radius 1 is 1.15 bits per heavy atom. The van der Waals surface area contributed by atoms with E-state index in [1.807, 2.05) is 36.5 Å². The number of aliphatic hydroxyl groups excluding tert-OH is 1. The van der Waals surface area contributed by atoms with Gasteiger partial charge in [-0.25, -0.2) is 4.98 Å². The summed E-state index contributed by atoms with van der Waals surface area (Å²) in [6.45, 7) is 4.95. The lowest BCUT2D eigenvalue weighted by atomic mass is 10.1. The first-order chi connectivity index (χ1) is 23.3. The van der Waals surface area contributed by atoms with Crippen molar-refractivity contribution in [3.05, 3.63) is 54.4 Å². The molecule has 11 nitrogen and oxygen atoms in total. The monoisotopic (exact) mass is 651 g/mol. The highest BCUT2D eigenvalue weighted by Gasteiger charge is 2.47. The van der Waals surface area contributed by atoms with Crippen LogP contribution in [0.3, 0.4) is 0 Å². The first kappa shape index (κ1) is 31.1. The number of hydrogen-bond acceptors (Lipinski definition) is 7. The van der Waals surface area contributed by atoms with E-state index in [2.05, 4.69) is 45.4 Å². The summed E-state index contributed by atoms with van der Waals surface area (Å²) in [5, 5.41) is 16.2. The topological polar surface area (TPSA) is 126 Å². The molecule has 4 heterocycles. The molecule has 11 heteroatoms. The molecule has 2 bridgehead atoms. The van der Waals surface area contributed by atoms with E-state index < -0.39 is 6.10 Å². The second-order valence-corrected chi connectivity index (χ2v) is 14.0. The molecule has 0 radical (unpaired) electrons. The van der Waals surface area contributed by atoms with Crippen molar-refractivity contribution in [3.63, 3.8) is 0 Å². The summed E-state index contributed by atoms with van der Waals surface area (Å²) in [7, 11) is 3.67. The second-order valence-electron chi connectivity index (χ2n) is 14.0. The van der Waals surface area contributed by atoms with Crippen LogP contribution in [0.2, 0.25) is 0 Å². The molecule has 2 saturated carbocycles.